The molecule has 1 rings (SSSR count). The summed E-state index contributed by atoms with van der Waals surface area (Å²) in [6.45, 7) is 1.38. The summed E-state index contributed by atoms with van der Waals surface area (Å²) in [5, 5.41) is 11.7. The van der Waals surface area contributed by atoms with E-state index in [0.29, 0.717) is 13.0 Å². The van der Waals surface area contributed by atoms with Crippen LogP contribution in [0.1, 0.15) is 19.3 Å². The van der Waals surface area contributed by atoms with Gasteiger partial charge in [0.15, 0.2) is 0 Å². The lowest BCUT2D eigenvalue weighted by atomic mass is 9.83. The van der Waals surface area contributed by atoms with Crippen LogP contribution in [0, 0.1) is 0 Å². The molecule has 0 aromatic rings. The van der Waals surface area contributed by atoms with Crippen LogP contribution in [0.2, 0.25) is 0 Å². The van der Waals surface area contributed by atoms with E-state index < -0.39 is 11.5 Å². The molecule has 1 saturated heterocycles. The van der Waals surface area contributed by atoms with Crippen LogP contribution in [-0.4, -0.2) is 29.7 Å². The largest absolute Gasteiger partial charge is 0.480 e. The van der Waals surface area contributed by atoms with Gasteiger partial charge in [0.1, 0.15) is 5.54 Å². The van der Waals surface area contributed by atoms with Crippen molar-refractivity contribution >= 4 is 5.97 Å². The van der Waals surface area contributed by atoms with Crippen molar-refractivity contribution < 1.29 is 9.90 Å². The molecule has 4 N–H and O–H groups in total. The molecule has 1 atom stereocenters. The van der Waals surface area contributed by atoms with Gasteiger partial charge in [-0.15, -0.1) is 0 Å². The normalized spacial score (nSPS) is 29.5. The Hall–Kier alpha value is -0.610. The standard InChI is InChI=1S/C7H14N2O2/c8-4-1-2-7(6(10)11)3-5-9-7/h9H,1-5,8H2,(H,10,11)/t7-/m1/s1. The van der Waals surface area contributed by atoms with Crippen molar-refractivity contribution in [3.63, 3.8) is 0 Å². The van der Waals surface area contributed by atoms with Crippen molar-refractivity contribution in [1.29, 1.82) is 0 Å². The Labute approximate surface area is 65.8 Å². The van der Waals surface area contributed by atoms with Crippen LogP contribution in [0.3, 0.4) is 0 Å². The molecule has 0 aliphatic carbocycles. The Morgan fingerprint density at radius 1 is 1.73 bits per heavy atom. The first kappa shape index (κ1) is 8.49. The van der Waals surface area contributed by atoms with E-state index in [1.54, 1.807) is 0 Å². The first-order chi connectivity index (χ1) is 5.21. The second-order valence-electron chi connectivity index (χ2n) is 2.96. The summed E-state index contributed by atoms with van der Waals surface area (Å²) < 4.78 is 0. The minimum absolute atomic E-state index is 0.566. The molecule has 64 valence electrons. The van der Waals surface area contributed by atoms with Crippen molar-refractivity contribution in [1.82, 2.24) is 5.32 Å². The molecule has 0 spiro atoms. The second kappa shape index (κ2) is 3.19. The molecule has 0 aromatic carbocycles. The van der Waals surface area contributed by atoms with Gasteiger partial charge < -0.3 is 16.2 Å². The minimum Gasteiger partial charge on any atom is -0.480 e. The lowest BCUT2D eigenvalue weighted by Gasteiger charge is -2.39. The molecule has 11 heavy (non-hydrogen) atoms. The molecular formula is C7H14N2O2. The molecule has 1 heterocycles. The Morgan fingerprint density at radius 2 is 2.36 bits per heavy atom. The average Bonchev–Trinajstić information content (AvgIpc) is 1.85. The number of rotatable bonds is 4. The van der Waals surface area contributed by atoms with Gasteiger partial charge in [-0.25, -0.2) is 0 Å². The molecule has 0 unspecified atom stereocenters. The van der Waals surface area contributed by atoms with Gasteiger partial charge in [-0.1, -0.05) is 0 Å². The number of carboxylic acid groups (broad SMARTS) is 1. The maximum atomic E-state index is 10.7. The quantitative estimate of drug-likeness (QED) is 0.517. The van der Waals surface area contributed by atoms with E-state index in [1.165, 1.54) is 0 Å². The van der Waals surface area contributed by atoms with Crippen LogP contribution in [-0.2, 0) is 4.79 Å². The minimum atomic E-state index is -0.739. The van der Waals surface area contributed by atoms with Gasteiger partial charge in [0.05, 0.1) is 0 Å². The van der Waals surface area contributed by atoms with Crippen molar-refractivity contribution in [2.24, 2.45) is 5.73 Å². The van der Waals surface area contributed by atoms with E-state index in [4.69, 9.17) is 10.8 Å². The lowest BCUT2D eigenvalue weighted by Crippen LogP contribution is -2.62. The topological polar surface area (TPSA) is 75.4 Å². The highest BCUT2D eigenvalue weighted by Crippen LogP contribution is 2.24. The van der Waals surface area contributed by atoms with E-state index in [1.807, 2.05) is 0 Å². The van der Waals surface area contributed by atoms with Gasteiger partial charge in [-0.2, -0.15) is 0 Å². The molecule has 0 amide bonds. The first-order valence-electron chi connectivity index (χ1n) is 3.90. The molecular weight excluding hydrogens is 144 g/mol. The van der Waals surface area contributed by atoms with Gasteiger partial charge in [0.2, 0.25) is 0 Å². The van der Waals surface area contributed by atoms with E-state index in [-0.39, 0.29) is 0 Å². The van der Waals surface area contributed by atoms with Crippen LogP contribution >= 0.6 is 0 Å². The highest BCUT2D eigenvalue weighted by atomic mass is 16.4. The van der Waals surface area contributed by atoms with Gasteiger partial charge in [-0.3, -0.25) is 4.79 Å². The third-order valence-corrected chi connectivity index (χ3v) is 2.23. The summed E-state index contributed by atoms with van der Waals surface area (Å²) in [6.07, 6.45) is 2.17. The fourth-order valence-corrected chi connectivity index (χ4v) is 1.33. The molecule has 1 fully saturated rings. The first-order valence-corrected chi connectivity index (χ1v) is 3.90. The molecule has 4 heteroatoms. The third kappa shape index (κ3) is 1.52. The molecule has 1 aliphatic rings. The number of carbonyl (C=O) groups is 1. The number of hydrogen-bond donors (Lipinski definition) is 3. The predicted octanol–water partition coefficient (Wildman–Crippen LogP) is -0.458. The van der Waals surface area contributed by atoms with Crippen LogP contribution in [0.25, 0.3) is 0 Å². The summed E-state index contributed by atoms with van der Waals surface area (Å²) >= 11 is 0. The van der Waals surface area contributed by atoms with Crippen LogP contribution in [0.5, 0.6) is 0 Å². The van der Waals surface area contributed by atoms with E-state index in [9.17, 15) is 4.79 Å². The number of nitrogens with one attached hydrogen (secondary N) is 1. The number of nitrogens with two attached hydrogens (primary N) is 1. The Balaban J connectivity index is 2.40. The van der Waals surface area contributed by atoms with Gasteiger partial charge >= 0.3 is 5.97 Å². The second-order valence-corrected chi connectivity index (χ2v) is 2.96. The zero-order valence-corrected chi connectivity index (χ0v) is 6.47. The summed E-state index contributed by atoms with van der Waals surface area (Å²) in [5.74, 6) is -0.739. The van der Waals surface area contributed by atoms with E-state index >= 15 is 0 Å². The zero-order chi connectivity index (χ0) is 8.32. The van der Waals surface area contributed by atoms with E-state index in [0.717, 1.165) is 19.4 Å². The van der Waals surface area contributed by atoms with Crippen LogP contribution < -0.4 is 11.1 Å². The maximum absolute atomic E-state index is 10.7. The van der Waals surface area contributed by atoms with Crippen LogP contribution in [0.4, 0.5) is 0 Å². The molecule has 0 radical (unpaired) electrons. The monoisotopic (exact) mass is 158 g/mol. The number of hydrogen-bond acceptors (Lipinski definition) is 3. The fraction of sp³-hybridized carbons (Fsp3) is 0.857. The highest BCUT2D eigenvalue weighted by molar-refractivity contribution is 5.80. The van der Waals surface area contributed by atoms with Crippen molar-refractivity contribution in [3.05, 3.63) is 0 Å². The molecule has 0 aromatic heterocycles. The van der Waals surface area contributed by atoms with Crippen molar-refractivity contribution in [3.8, 4) is 0 Å². The maximum Gasteiger partial charge on any atom is 0.323 e. The SMILES string of the molecule is NCCC[C@]1(C(=O)O)CCN1. The van der Waals surface area contributed by atoms with Crippen molar-refractivity contribution in [2.75, 3.05) is 13.1 Å². The Morgan fingerprint density at radius 3 is 2.64 bits per heavy atom. The highest BCUT2D eigenvalue weighted by Gasteiger charge is 2.42. The summed E-state index contributed by atoms with van der Waals surface area (Å²) in [5.41, 5.74) is 4.65. The van der Waals surface area contributed by atoms with Gasteiger partial charge in [0.25, 0.3) is 0 Å². The smallest absolute Gasteiger partial charge is 0.323 e. The van der Waals surface area contributed by atoms with Gasteiger partial charge in [0, 0.05) is 0 Å². The predicted molar refractivity (Wildman–Crippen MR) is 41.3 cm³/mol. The molecule has 0 saturated carbocycles. The fourth-order valence-electron chi connectivity index (χ4n) is 1.33. The van der Waals surface area contributed by atoms with Crippen molar-refractivity contribution in [2.45, 2.75) is 24.8 Å². The molecule has 4 nitrogen and oxygen atoms in total. The van der Waals surface area contributed by atoms with E-state index in [2.05, 4.69) is 5.32 Å². The summed E-state index contributed by atoms with van der Waals surface area (Å²) in [6, 6.07) is 0. The summed E-state index contributed by atoms with van der Waals surface area (Å²) in [7, 11) is 0. The number of carboxylic acids is 1. The molecule has 1 aliphatic heterocycles. The Bertz CT molecular complexity index is 155. The zero-order valence-electron chi connectivity index (χ0n) is 6.47. The Kier molecular flexibility index (Phi) is 2.46. The van der Waals surface area contributed by atoms with Gasteiger partial charge in [-0.05, 0) is 32.4 Å². The summed E-state index contributed by atoms with van der Waals surface area (Å²) in [4.78, 5) is 10.7. The third-order valence-electron chi connectivity index (χ3n) is 2.23. The van der Waals surface area contributed by atoms with Crippen LogP contribution in [0.15, 0.2) is 0 Å². The average molecular weight is 158 g/mol. The molecule has 0 bridgehead atoms. The lowest BCUT2D eigenvalue weighted by molar-refractivity contribution is -0.148. The number of aliphatic carboxylic acids is 1.